The van der Waals surface area contributed by atoms with Gasteiger partial charge in [-0.1, -0.05) is 24.3 Å². The van der Waals surface area contributed by atoms with Crippen LogP contribution in [0.2, 0.25) is 0 Å². The molecule has 0 radical (unpaired) electrons. The number of hydrogen-bond donors (Lipinski definition) is 1. The van der Waals surface area contributed by atoms with Crippen molar-refractivity contribution in [1.82, 2.24) is 10.3 Å². The molecule has 94 valence electrons. The zero-order valence-electron chi connectivity index (χ0n) is 10.8. The van der Waals surface area contributed by atoms with Crippen LogP contribution in [-0.2, 0) is 6.54 Å². The number of nitrogens with zero attached hydrogens (tertiary/aromatic N) is 1. The molecule has 2 aromatic rings. The Bertz CT molecular complexity index is 575. The van der Waals surface area contributed by atoms with Crippen LogP contribution in [0.5, 0.6) is 0 Å². The van der Waals surface area contributed by atoms with Gasteiger partial charge in [-0.15, -0.1) is 11.3 Å². The Hall–Kier alpha value is -1.68. The summed E-state index contributed by atoms with van der Waals surface area (Å²) in [4.78, 5) is 17.2. The van der Waals surface area contributed by atoms with Crippen LogP contribution in [0.1, 0.15) is 31.5 Å². The van der Waals surface area contributed by atoms with E-state index in [1.807, 2.05) is 45.0 Å². The molecule has 1 aromatic carbocycles. The Morgan fingerprint density at radius 1 is 1.28 bits per heavy atom. The molecule has 1 N–H and O–H groups in total. The summed E-state index contributed by atoms with van der Waals surface area (Å²) in [5.74, 6) is -0.0971. The molecule has 1 heterocycles. The minimum Gasteiger partial charge on any atom is -0.347 e. The first kappa shape index (κ1) is 12.8. The summed E-state index contributed by atoms with van der Waals surface area (Å²) in [6, 6.07) is 8.04. The van der Waals surface area contributed by atoms with Gasteiger partial charge in [-0.2, -0.15) is 0 Å². The molecule has 0 saturated heterocycles. The first-order valence-electron chi connectivity index (χ1n) is 5.84. The van der Waals surface area contributed by atoms with Gasteiger partial charge in [0.15, 0.2) is 0 Å². The van der Waals surface area contributed by atoms with Crippen molar-refractivity contribution in [1.29, 1.82) is 0 Å². The van der Waals surface area contributed by atoms with E-state index in [4.69, 9.17) is 0 Å². The Labute approximate surface area is 111 Å². The van der Waals surface area contributed by atoms with Gasteiger partial charge in [-0.25, -0.2) is 4.98 Å². The van der Waals surface area contributed by atoms with Crippen LogP contribution in [0.15, 0.2) is 24.3 Å². The standard InChI is InChI=1S/C14H16N2OS/c1-9-6-4-5-7-12(9)8-15-14(17)13-10(2)18-11(3)16-13/h4-7H,8H2,1-3H3,(H,15,17). The topological polar surface area (TPSA) is 42.0 Å². The minimum atomic E-state index is -0.0971. The fraction of sp³-hybridized carbons (Fsp3) is 0.286. The van der Waals surface area contributed by atoms with Gasteiger partial charge in [0.05, 0.1) is 5.01 Å². The smallest absolute Gasteiger partial charge is 0.271 e. The summed E-state index contributed by atoms with van der Waals surface area (Å²) in [6.45, 7) is 6.42. The summed E-state index contributed by atoms with van der Waals surface area (Å²) in [7, 11) is 0. The van der Waals surface area contributed by atoms with Crippen molar-refractivity contribution in [2.75, 3.05) is 0 Å². The second kappa shape index (κ2) is 5.31. The van der Waals surface area contributed by atoms with E-state index in [9.17, 15) is 4.79 Å². The maximum absolute atomic E-state index is 12.0. The summed E-state index contributed by atoms with van der Waals surface area (Å²) in [5, 5.41) is 3.84. The van der Waals surface area contributed by atoms with Crippen LogP contribution in [0, 0.1) is 20.8 Å². The molecule has 4 heteroatoms. The highest BCUT2D eigenvalue weighted by Crippen LogP contribution is 2.16. The number of hydrogen-bond acceptors (Lipinski definition) is 3. The molecule has 0 saturated carbocycles. The van der Waals surface area contributed by atoms with E-state index in [1.54, 1.807) is 11.3 Å². The first-order chi connectivity index (χ1) is 8.58. The number of carbonyl (C=O) groups excluding carboxylic acids is 1. The van der Waals surface area contributed by atoms with Crippen molar-refractivity contribution in [3.05, 3.63) is 51.0 Å². The number of aromatic nitrogens is 1. The van der Waals surface area contributed by atoms with Gasteiger partial charge in [0, 0.05) is 11.4 Å². The molecule has 0 spiro atoms. The molecule has 0 aliphatic carbocycles. The molecule has 1 amide bonds. The van der Waals surface area contributed by atoms with Gasteiger partial charge in [-0.3, -0.25) is 4.79 Å². The molecular formula is C14H16N2OS. The van der Waals surface area contributed by atoms with E-state index in [2.05, 4.69) is 10.3 Å². The average molecular weight is 260 g/mol. The number of rotatable bonds is 3. The molecule has 0 bridgehead atoms. The molecule has 18 heavy (non-hydrogen) atoms. The monoisotopic (exact) mass is 260 g/mol. The van der Waals surface area contributed by atoms with E-state index < -0.39 is 0 Å². The van der Waals surface area contributed by atoms with Gasteiger partial charge in [0.1, 0.15) is 5.69 Å². The van der Waals surface area contributed by atoms with Crippen molar-refractivity contribution in [3.63, 3.8) is 0 Å². The third-order valence-corrected chi connectivity index (χ3v) is 3.71. The molecule has 0 aliphatic rings. The van der Waals surface area contributed by atoms with Gasteiger partial charge >= 0.3 is 0 Å². The molecule has 2 rings (SSSR count). The van der Waals surface area contributed by atoms with Crippen LogP contribution in [0.3, 0.4) is 0 Å². The molecule has 1 aromatic heterocycles. The highest BCUT2D eigenvalue weighted by atomic mass is 32.1. The summed E-state index contributed by atoms with van der Waals surface area (Å²) < 4.78 is 0. The highest BCUT2D eigenvalue weighted by molar-refractivity contribution is 7.11. The highest BCUT2D eigenvalue weighted by Gasteiger charge is 2.13. The van der Waals surface area contributed by atoms with Gasteiger partial charge in [0.25, 0.3) is 5.91 Å². The Morgan fingerprint density at radius 3 is 2.61 bits per heavy atom. The van der Waals surface area contributed by atoms with Crippen LogP contribution in [0.4, 0.5) is 0 Å². The van der Waals surface area contributed by atoms with Gasteiger partial charge in [0.2, 0.25) is 0 Å². The Morgan fingerprint density at radius 2 is 2.00 bits per heavy atom. The number of nitrogens with one attached hydrogen (secondary N) is 1. The Balaban J connectivity index is 2.05. The van der Waals surface area contributed by atoms with Crippen LogP contribution >= 0.6 is 11.3 Å². The largest absolute Gasteiger partial charge is 0.347 e. The van der Waals surface area contributed by atoms with Crippen molar-refractivity contribution in [2.24, 2.45) is 0 Å². The van der Waals surface area contributed by atoms with E-state index >= 15 is 0 Å². The molecular weight excluding hydrogens is 244 g/mol. The van der Waals surface area contributed by atoms with Crippen LogP contribution in [0.25, 0.3) is 0 Å². The predicted octanol–water partition coefficient (Wildman–Crippen LogP) is 3.00. The first-order valence-corrected chi connectivity index (χ1v) is 6.66. The van der Waals surface area contributed by atoms with Crippen molar-refractivity contribution >= 4 is 17.2 Å². The third kappa shape index (κ3) is 2.76. The number of amides is 1. The number of thiazole rings is 1. The van der Waals surface area contributed by atoms with E-state index in [1.165, 1.54) is 5.56 Å². The normalized spacial score (nSPS) is 10.4. The zero-order chi connectivity index (χ0) is 13.1. The quantitative estimate of drug-likeness (QED) is 0.921. The zero-order valence-corrected chi connectivity index (χ0v) is 11.6. The molecule has 0 aliphatic heterocycles. The summed E-state index contributed by atoms with van der Waals surface area (Å²) >= 11 is 1.55. The molecule has 0 unspecified atom stereocenters. The van der Waals surface area contributed by atoms with Crippen LogP contribution in [-0.4, -0.2) is 10.9 Å². The number of aryl methyl sites for hydroxylation is 3. The van der Waals surface area contributed by atoms with Gasteiger partial charge < -0.3 is 5.32 Å². The maximum atomic E-state index is 12.0. The number of benzene rings is 1. The summed E-state index contributed by atoms with van der Waals surface area (Å²) in [6.07, 6.45) is 0. The van der Waals surface area contributed by atoms with Crippen LogP contribution < -0.4 is 5.32 Å². The second-order valence-electron chi connectivity index (χ2n) is 4.25. The second-order valence-corrected chi connectivity index (χ2v) is 5.65. The van der Waals surface area contributed by atoms with Crippen molar-refractivity contribution in [2.45, 2.75) is 27.3 Å². The lowest BCUT2D eigenvalue weighted by Crippen LogP contribution is -2.24. The fourth-order valence-electron chi connectivity index (χ4n) is 1.81. The van der Waals surface area contributed by atoms with E-state index in [0.29, 0.717) is 12.2 Å². The lowest BCUT2D eigenvalue weighted by atomic mass is 10.1. The maximum Gasteiger partial charge on any atom is 0.271 e. The number of carbonyl (C=O) groups is 1. The Kier molecular flexibility index (Phi) is 3.77. The third-order valence-electron chi connectivity index (χ3n) is 2.82. The molecule has 0 atom stereocenters. The predicted molar refractivity (Wildman–Crippen MR) is 73.9 cm³/mol. The molecule has 0 fully saturated rings. The summed E-state index contributed by atoms with van der Waals surface area (Å²) in [5.41, 5.74) is 2.87. The van der Waals surface area contributed by atoms with E-state index in [0.717, 1.165) is 15.4 Å². The average Bonchev–Trinajstić information content (AvgIpc) is 2.67. The fourth-order valence-corrected chi connectivity index (χ4v) is 2.62. The lowest BCUT2D eigenvalue weighted by Gasteiger charge is -2.06. The van der Waals surface area contributed by atoms with E-state index in [-0.39, 0.29) is 5.91 Å². The lowest BCUT2D eigenvalue weighted by molar-refractivity contribution is 0.0946. The van der Waals surface area contributed by atoms with Gasteiger partial charge in [-0.05, 0) is 31.9 Å². The molecule has 3 nitrogen and oxygen atoms in total. The SMILES string of the molecule is Cc1nc(C(=O)NCc2ccccc2C)c(C)s1. The van der Waals surface area contributed by atoms with Crippen molar-refractivity contribution < 1.29 is 4.79 Å². The minimum absolute atomic E-state index is 0.0971. The van der Waals surface area contributed by atoms with Crippen molar-refractivity contribution in [3.8, 4) is 0 Å².